The first-order valence-corrected chi connectivity index (χ1v) is 8.68. The molecule has 0 fully saturated rings. The highest BCUT2D eigenvalue weighted by atomic mass is 35.5. The van der Waals surface area contributed by atoms with Crippen LogP contribution in [-0.2, 0) is 13.0 Å². The minimum absolute atomic E-state index is 0.274. The Balaban J connectivity index is 1.98. The first-order valence-electron chi connectivity index (χ1n) is 6.61. The zero-order chi connectivity index (χ0) is 14.8. The van der Waals surface area contributed by atoms with Gasteiger partial charge in [0.25, 0.3) is 0 Å². The highest BCUT2D eigenvalue weighted by Crippen LogP contribution is 2.35. The largest absolute Gasteiger partial charge is 0.364 e. The minimum atomic E-state index is 0.274. The monoisotopic (exact) mass is 338 g/mol. The lowest BCUT2D eigenvalue weighted by atomic mass is 10.2. The predicted octanol–water partition coefficient (Wildman–Crippen LogP) is 3.83. The number of nitrogens with two attached hydrogens (primary N) is 1. The highest BCUT2D eigenvalue weighted by Gasteiger charge is 2.15. The second-order valence-electron chi connectivity index (χ2n) is 4.64. The molecule has 3 heterocycles. The topological polar surface area (TPSA) is 63.8 Å². The Morgan fingerprint density at radius 2 is 2.24 bits per heavy atom. The van der Waals surface area contributed by atoms with Gasteiger partial charge in [-0.3, -0.25) is 0 Å². The Morgan fingerprint density at radius 3 is 2.95 bits per heavy atom. The second kappa shape index (κ2) is 6.27. The molecule has 0 aliphatic rings. The van der Waals surface area contributed by atoms with Crippen molar-refractivity contribution in [2.24, 2.45) is 5.73 Å². The van der Waals surface area contributed by atoms with Gasteiger partial charge in [-0.25, -0.2) is 4.98 Å². The zero-order valence-corrected chi connectivity index (χ0v) is 13.9. The van der Waals surface area contributed by atoms with E-state index in [1.807, 2.05) is 6.07 Å². The van der Waals surface area contributed by atoms with Crippen LogP contribution in [0.1, 0.15) is 15.3 Å². The minimum Gasteiger partial charge on any atom is -0.364 e. The van der Waals surface area contributed by atoms with Gasteiger partial charge >= 0.3 is 0 Å². The van der Waals surface area contributed by atoms with Crippen molar-refractivity contribution < 1.29 is 0 Å². The predicted molar refractivity (Wildman–Crippen MR) is 91.6 cm³/mol. The van der Waals surface area contributed by atoms with Gasteiger partial charge in [0, 0.05) is 9.75 Å². The van der Waals surface area contributed by atoms with Gasteiger partial charge in [0.15, 0.2) is 0 Å². The summed E-state index contributed by atoms with van der Waals surface area (Å²) >= 11 is 9.48. The third kappa shape index (κ3) is 3.03. The van der Waals surface area contributed by atoms with Gasteiger partial charge in [-0.15, -0.1) is 22.7 Å². The van der Waals surface area contributed by atoms with Crippen LogP contribution in [0.2, 0.25) is 5.28 Å². The smallest absolute Gasteiger partial charge is 0.224 e. The third-order valence-corrected chi connectivity index (χ3v) is 5.61. The van der Waals surface area contributed by atoms with Crippen molar-refractivity contribution in [2.45, 2.75) is 19.9 Å². The van der Waals surface area contributed by atoms with Crippen LogP contribution >= 0.6 is 34.3 Å². The number of anilines is 1. The van der Waals surface area contributed by atoms with Crippen molar-refractivity contribution in [3.63, 3.8) is 0 Å². The lowest BCUT2D eigenvalue weighted by Gasteiger charge is -2.05. The molecule has 110 valence electrons. The molecule has 0 aromatic carbocycles. The molecule has 0 atom stereocenters. The van der Waals surface area contributed by atoms with Crippen LogP contribution in [0.5, 0.6) is 0 Å². The molecule has 3 rings (SSSR count). The van der Waals surface area contributed by atoms with Gasteiger partial charge in [-0.2, -0.15) is 4.98 Å². The number of nitrogens with one attached hydrogen (secondary N) is 1. The molecule has 0 aliphatic carbocycles. The number of hydrogen-bond acceptors (Lipinski definition) is 6. The summed E-state index contributed by atoms with van der Waals surface area (Å²) in [6.07, 6.45) is 0.856. The molecule has 0 unspecified atom stereocenters. The molecular formula is C14H15ClN4S2. The summed E-state index contributed by atoms with van der Waals surface area (Å²) in [5.74, 6) is 0.801. The van der Waals surface area contributed by atoms with Crippen LogP contribution in [0, 0.1) is 6.92 Å². The van der Waals surface area contributed by atoms with E-state index in [4.69, 9.17) is 17.3 Å². The number of aryl methyl sites for hydroxylation is 1. The molecule has 0 saturated heterocycles. The average molecular weight is 339 g/mol. The van der Waals surface area contributed by atoms with Gasteiger partial charge in [0.05, 0.1) is 16.8 Å². The molecule has 4 nitrogen and oxygen atoms in total. The van der Waals surface area contributed by atoms with E-state index in [0.29, 0.717) is 6.54 Å². The molecule has 21 heavy (non-hydrogen) atoms. The van der Waals surface area contributed by atoms with E-state index < -0.39 is 0 Å². The molecule has 3 aromatic rings. The summed E-state index contributed by atoms with van der Waals surface area (Å²) in [4.78, 5) is 11.2. The lowest BCUT2D eigenvalue weighted by molar-refractivity contribution is 0.981. The molecule has 7 heteroatoms. The van der Waals surface area contributed by atoms with Gasteiger partial charge in [-0.05, 0) is 48.5 Å². The molecular weight excluding hydrogens is 324 g/mol. The van der Waals surface area contributed by atoms with Crippen molar-refractivity contribution in [1.29, 1.82) is 0 Å². The van der Waals surface area contributed by atoms with Gasteiger partial charge < -0.3 is 11.1 Å². The third-order valence-electron chi connectivity index (χ3n) is 3.22. The van der Waals surface area contributed by atoms with E-state index in [2.05, 4.69) is 33.7 Å². The summed E-state index contributed by atoms with van der Waals surface area (Å²) in [5.41, 5.74) is 7.76. The summed E-state index contributed by atoms with van der Waals surface area (Å²) in [6.45, 7) is 3.44. The van der Waals surface area contributed by atoms with Crippen LogP contribution in [0.3, 0.4) is 0 Å². The first kappa shape index (κ1) is 14.7. The fourth-order valence-corrected chi connectivity index (χ4v) is 4.22. The molecule has 3 N–H and O–H groups in total. The van der Waals surface area contributed by atoms with Crippen LogP contribution in [-0.4, -0.2) is 16.5 Å². The molecule has 0 amide bonds. The van der Waals surface area contributed by atoms with E-state index >= 15 is 0 Å². The Hall–Kier alpha value is -1.21. The quantitative estimate of drug-likeness (QED) is 0.694. The molecule has 0 saturated carbocycles. The first-order chi connectivity index (χ1) is 10.2. The number of fused-ring (bicyclic) bond motifs is 1. The van der Waals surface area contributed by atoms with Crippen molar-refractivity contribution in [3.05, 3.63) is 38.1 Å². The number of thiophene rings is 2. The number of nitrogens with zero attached hydrogens (tertiary/aromatic N) is 2. The average Bonchev–Trinajstić information content (AvgIpc) is 3.07. The van der Waals surface area contributed by atoms with Crippen LogP contribution in [0.4, 0.5) is 5.82 Å². The van der Waals surface area contributed by atoms with E-state index in [9.17, 15) is 0 Å². The maximum Gasteiger partial charge on any atom is 0.224 e. The Morgan fingerprint density at radius 1 is 1.38 bits per heavy atom. The van der Waals surface area contributed by atoms with Crippen LogP contribution in [0.15, 0.2) is 17.5 Å². The fraction of sp³-hybridized carbons (Fsp3) is 0.286. The van der Waals surface area contributed by atoms with Crippen molar-refractivity contribution >= 4 is 50.3 Å². The number of rotatable bonds is 5. The Kier molecular flexibility index (Phi) is 4.40. The van der Waals surface area contributed by atoms with Gasteiger partial charge in [0.1, 0.15) is 5.82 Å². The Bertz CT molecular complexity index is 752. The van der Waals surface area contributed by atoms with E-state index in [1.165, 1.54) is 9.75 Å². The molecule has 0 radical (unpaired) electrons. The molecule has 3 aromatic heterocycles. The highest BCUT2D eigenvalue weighted by molar-refractivity contribution is 7.19. The van der Waals surface area contributed by atoms with E-state index in [-0.39, 0.29) is 5.28 Å². The fourth-order valence-electron chi connectivity index (χ4n) is 2.18. The summed E-state index contributed by atoms with van der Waals surface area (Å²) in [5, 5.41) is 5.71. The van der Waals surface area contributed by atoms with E-state index in [0.717, 1.165) is 34.6 Å². The number of aromatic nitrogens is 2. The molecule has 0 spiro atoms. The Labute approximate surface area is 136 Å². The summed E-state index contributed by atoms with van der Waals surface area (Å²) in [7, 11) is 0. The standard InChI is InChI=1S/C14H15ClN4S2/c1-8-10(4-5-16)21-12-11(8)18-14(15)19-13(12)17-7-9-3-2-6-20-9/h2-3,6H,4-5,7,16H2,1H3,(H,17,18,19). The normalized spacial score (nSPS) is 11.2. The summed E-state index contributed by atoms with van der Waals surface area (Å²) < 4.78 is 1.05. The maximum absolute atomic E-state index is 6.06. The van der Waals surface area contributed by atoms with Gasteiger partial charge in [-0.1, -0.05) is 6.07 Å². The number of hydrogen-bond donors (Lipinski definition) is 2. The van der Waals surface area contributed by atoms with Gasteiger partial charge in [0.2, 0.25) is 5.28 Å². The van der Waals surface area contributed by atoms with Crippen LogP contribution in [0.25, 0.3) is 10.2 Å². The van der Waals surface area contributed by atoms with E-state index in [1.54, 1.807) is 22.7 Å². The SMILES string of the molecule is Cc1c(CCN)sc2c(NCc3cccs3)nc(Cl)nc12. The van der Waals surface area contributed by atoms with Crippen molar-refractivity contribution in [2.75, 3.05) is 11.9 Å². The van der Waals surface area contributed by atoms with Crippen molar-refractivity contribution in [1.82, 2.24) is 9.97 Å². The van der Waals surface area contributed by atoms with Crippen molar-refractivity contribution in [3.8, 4) is 0 Å². The lowest BCUT2D eigenvalue weighted by Crippen LogP contribution is -2.02. The summed E-state index contributed by atoms with van der Waals surface area (Å²) in [6, 6.07) is 4.13. The number of halogens is 1. The maximum atomic E-state index is 6.06. The zero-order valence-electron chi connectivity index (χ0n) is 11.5. The molecule has 0 bridgehead atoms. The van der Waals surface area contributed by atoms with Crippen LogP contribution < -0.4 is 11.1 Å². The molecule has 0 aliphatic heterocycles. The second-order valence-corrected chi connectivity index (χ2v) is 7.12.